The summed E-state index contributed by atoms with van der Waals surface area (Å²) in [5.74, 6) is -0.213. The molecule has 0 fully saturated rings. The molecule has 0 aliphatic carbocycles. The molecule has 1 N–H and O–H groups in total. The molecule has 0 bridgehead atoms. The van der Waals surface area contributed by atoms with Crippen molar-refractivity contribution < 1.29 is 18.0 Å². The van der Waals surface area contributed by atoms with E-state index in [1.807, 2.05) is 24.3 Å². The van der Waals surface area contributed by atoms with Crippen molar-refractivity contribution in [1.82, 2.24) is 0 Å². The Labute approximate surface area is 149 Å². The van der Waals surface area contributed by atoms with Crippen LogP contribution in [0.15, 0.2) is 53.4 Å². The predicted molar refractivity (Wildman–Crippen MR) is 95.9 cm³/mol. The molecule has 134 valence electrons. The van der Waals surface area contributed by atoms with Crippen LogP contribution in [-0.4, -0.2) is 11.7 Å². The summed E-state index contributed by atoms with van der Waals surface area (Å²) in [6.07, 6.45) is -4.43. The second kappa shape index (κ2) is 7.52. The van der Waals surface area contributed by atoms with E-state index in [0.29, 0.717) is 0 Å². The molecule has 0 saturated carbocycles. The third-order valence-electron chi connectivity index (χ3n) is 3.56. The number of rotatable bonds is 4. The van der Waals surface area contributed by atoms with Crippen LogP contribution >= 0.6 is 11.8 Å². The first-order valence-corrected chi connectivity index (χ1v) is 8.75. The monoisotopic (exact) mass is 367 g/mol. The van der Waals surface area contributed by atoms with E-state index in [2.05, 4.69) is 26.1 Å². The van der Waals surface area contributed by atoms with Crippen LogP contribution in [-0.2, 0) is 16.4 Å². The third-order valence-corrected chi connectivity index (χ3v) is 4.58. The molecule has 2 rings (SSSR count). The fourth-order valence-electron chi connectivity index (χ4n) is 2.17. The first kappa shape index (κ1) is 19.4. The highest BCUT2D eigenvalue weighted by Gasteiger charge is 2.30. The van der Waals surface area contributed by atoms with Crippen LogP contribution in [0.2, 0.25) is 0 Å². The van der Waals surface area contributed by atoms with Gasteiger partial charge in [0, 0.05) is 10.6 Å². The number of carbonyl (C=O) groups excluding carboxylic acids is 1. The van der Waals surface area contributed by atoms with Crippen LogP contribution in [0.5, 0.6) is 0 Å². The van der Waals surface area contributed by atoms with Crippen molar-refractivity contribution >= 4 is 23.4 Å². The minimum Gasteiger partial charge on any atom is -0.325 e. The van der Waals surface area contributed by atoms with E-state index in [9.17, 15) is 18.0 Å². The molecule has 1 amide bonds. The topological polar surface area (TPSA) is 29.1 Å². The lowest BCUT2D eigenvalue weighted by Gasteiger charge is -2.19. The van der Waals surface area contributed by atoms with Gasteiger partial charge in [0.2, 0.25) is 5.91 Å². The van der Waals surface area contributed by atoms with Crippen molar-refractivity contribution in [3.05, 3.63) is 59.7 Å². The largest absolute Gasteiger partial charge is 0.416 e. The Bertz CT molecular complexity index is 734. The average Bonchev–Trinajstić information content (AvgIpc) is 2.52. The Hall–Kier alpha value is -1.95. The lowest BCUT2D eigenvalue weighted by atomic mass is 9.87. The molecule has 2 nitrogen and oxygen atoms in total. The highest BCUT2D eigenvalue weighted by Crippen LogP contribution is 2.31. The van der Waals surface area contributed by atoms with Gasteiger partial charge in [-0.25, -0.2) is 0 Å². The number of nitrogens with one attached hydrogen (secondary N) is 1. The number of thioether (sulfide) groups is 1. The summed E-state index contributed by atoms with van der Waals surface area (Å²) in [5.41, 5.74) is 0.619. The Kier molecular flexibility index (Phi) is 5.83. The van der Waals surface area contributed by atoms with Gasteiger partial charge < -0.3 is 5.32 Å². The number of hydrogen-bond donors (Lipinski definition) is 1. The molecular formula is C19H20F3NOS. The quantitative estimate of drug-likeness (QED) is 0.699. The van der Waals surface area contributed by atoms with Crippen LogP contribution in [0.1, 0.15) is 31.9 Å². The van der Waals surface area contributed by atoms with Gasteiger partial charge in [-0.1, -0.05) is 39.0 Å². The highest BCUT2D eigenvalue weighted by atomic mass is 32.2. The number of benzene rings is 2. The van der Waals surface area contributed by atoms with E-state index in [0.717, 1.165) is 17.0 Å². The number of carbonyl (C=O) groups is 1. The van der Waals surface area contributed by atoms with Gasteiger partial charge in [-0.05, 0) is 41.3 Å². The Morgan fingerprint density at radius 2 is 1.64 bits per heavy atom. The number of hydrogen-bond acceptors (Lipinski definition) is 2. The maximum Gasteiger partial charge on any atom is 0.416 e. The van der Waals surface area contributed by atoms with Crippen molar-refractivity contribution in [2.24, 2.45) is 0 Å². The van der Waals surface area contributed by atoms with Gasteiger partial charge >= 0.3 is 6.18 Å². The van der Waals surface area contributed by atoms with Crippen LogP contribution in [0.4, 0.5) is 18.9 Å². The standard InChI is InChI=1S/C19H20F3NOS/c1-18(2,3)13-7-9-16(10-8-13)25-12-17(24)23-15-6-4-5-14(11-15)19(20,21)22/h4-11H,12H2,1-3H3,(H,23,24). The maximum atomic E-state index is 12.7. The SMILES string of the molecule is CC(C)(C)c1ccc(SCC(=O)Nc2cccc(C(F)(F)F)c2)cc1. The van der Waals surface area contributed by atoms with Gasteiger partial charge in [0.25, 0.3) is 0 Å². The Morgan fingerprint density at radius 1 is 1.00 bits per heavy atom. The van der Waals surface area contributed by atoms with E-state index < -0.39 is 11.7 Å². The first-order valence-electron chi connectivity index (χ1n) is 7.76. The lowest BCUT2D eigenvalue weighted by molar-refractivity contribution is -0.137. The first-order chi connectivity index (χ1) is 11.6. The lowest BCUT2D eigenvalue weighted by Crippen LogP contribution is -2.15. The number of alkyl halides is 3. The summed E-state index contributed by atoms with van der Waals surface area (Å²) in [6.45, 7) is 6.37. The Morgan fingerprint density at radius 3 is 2.20 bits per heavy atom. The predicted octanol–water partition coefficient (Wildman–Crippen LogP) is 5.73. The van der Waals surface area contributed by atoms with Gasteiger partial charge in [-0.2, -0.15) is 13.2 Å². The average molecular weight is 367 g/mol. The zero-order chi connectivity index (χ0) is 18.7. The summed E-state index contributed by atoms with van der Waals surface area (Å²) in [4.78, 5) is 12.9. The minimum atomic E-state index is -4.43. The smallest absolute Gasteiger partial charge is 0.325 e. The Balaban J connectivity index is 1.93. The van der Waals surface area contributed by atoms with Crippen molar-refractivity contribution in [2.75, 3.05) is 11.1 Å². The van der Waals surface area contributed by atoms with Crippen LogP contribution in [0.25, 0.3) is 0 Å². The summed E-state index contributed by atoms with van der Waals surface area (Å²) >= 11 is 1.34. The van der Waals surface area contributed by atoms with Crippen molar-refractivity contribution in [1.29, 1.82) is 0 Å². The zero-order valence-corrected chi connectivity index (χ0v) is 15.1. The molecule has 2 aromatic rings. The summed E-state index contributed by atoms with van der Waals surface area (Å²) < 4.78 is 38.0. The van der Waals surface area contributed by atoms with E-state index in [1.54, 1.807) is 0 Å². The molecule has 0 heterocycles. The van der Waals surface area contributed by atoms with E-state index >= 15 is 0 Å². The third kappa shape index (κ3) is 5.81. The van der Waals surface area contributed by atoms with E-state index in [1.165, 1.54) is 29.5 Å². The molecule has 0 unspecified atom stereocenters. The molecule has 0 aliphatic heterocycles. The molecule has 0 aliphatic rings. The van der Waals surface area contributed by atoms with Crippen LogP contribution in [0, 0.1) is 0 Å². The number of anilines is 1. The number of halogens is 3. The maximum absolute atomic E-state index is 12.7. The van der Waals surface area contributed by atoms with Crippen LogP contribution in [0.3, 0.4) is 0 Å². The second-order valence-corrected chi connectivity index (χ2v) is 7.74. The second-order valence-electron chi connectivity index (χ2n) is 6.69. The van der Waals surface area contributed by atoms with Gasteiger partial charge in [-0.15, -0.1) is 11.8 Å². The molecule has 0 atom stereocenters. The van der Waals surface area contributed by atoms with Crippen molar-refractivity contribution in [3.8, 4) is 0 Å². The molecular weight excluding hydrogens is 347 g/mol. The normalized spacial score (nSPS) is 12.1. The van der Waals surface area contributed by atoms with Gasteiger partial charge in [0.15, 0.2) is 0 Å². The fraction of sp³-hybridized carbons (Fsp3) is 0.316. The van der Waals surface area contributed by atoms with Crippen molar-refractivity contribution in [2.45, 2.75) is 37.3 Å². The summed E-state index contributed by atoms with van der Waals surface area (Å²) in [7, 11) is 0. The van der Waals surface area contributed by atoms with Crippen LogP contribution < -0.4 is 5.32 Å². The number of amides is 1. The summed E-state index contributed by atoms with van der Waals surface area (Å²) in [5, 5.41) is 2.50. The fourth-order valence-corrected chi connectivity index (χ4v) is 2.87. The minimum absolute atomic E-state index is 0.0596. The molecule has 6 heteroatoms. The molecule has 2 aromatic carbocycles. The molecule has 0 aromatic heterocycles. The highest BCUT2D eigenvalue weighted by molar-refractivity contribution is 8.00. The van der Waals surface area contributed by atoms with Gasteiger partial charge in [0.1, 0.15) is 0 Å². The molecule has 0 spiro atoms. The molecule has 0 saturated heterocycles. The van der Waals surface area contributed by atoms with Gasteiger partial charge in [-0.3, -0.25) is 4.79 Å². The van der Waals surface area contributed by atoms with E-state index in [-0.39, 0.29) is 22.8 Å². The van der Waals surface area contributed by atoms with Crippen molar-refractivity contribution in [3.63, 3.8) is 0 Å². The van der Waals surface area contributed by atoms with E-state index in [4.69, 9.17) is 0 Å². The van der Waals surface area contributed by atoms with Gasteiger partial charge in [0.05, 0.1) is 11.3 Å². The zero-order valence-electron chi connectivity index (χ0n) is 14.3. The molecule has 25 heavy (non-hydrogen) atoms. The molecule has 0 radical (unpaired) electrons. The summed E-state index contributed by atoms with van der Waals surface area (Å²) in [6, 6.07) is 12.6.